The molecule has 0 spiro atoms. The first-order chi connectivity index (χ1) is 37.5. The monoisotopic (exact) mass is 1070 g/mol. The molecule has 0 bridgehead atoms. The summed E-state index contributed by atoms with van der Waals surface area (Å²) in [5.41, 5.74) is 0. The molecule has 0 saturated carbocycles. The smallest absolute Gasteiger partial charge is 0.305 e. The van der Waals surface area contributed by atoms with Crippen LogP contribution in [0.5, 0.6) is 0 Å². The highest BCUT2D eigenvalue weighted by molar-refractivity contribution is 5.76. The van der Waals surface area contributed by atoms with Crippen LogP contribution in [-0.2, 0) is 14.3 Å². The van der Waals surface area contributed by atoms with Crippen molar-refractivity contribution in [3.05, 3.63) is 24.3 Å². The summed E-state index contributed by atoms with van der Waals surface area (Å²) in [6, 6.07) is -0.633. The summed E-state index contributed by atoms with van der Waals surface area (Å²) in [4.78, 5) is 24.6. The molecule has 0 saturated heterocycles. The molecule has 2 unspecified atom stereocenters. The van der Waals surface area contributed by atoms with Crippen LogP contribution < -0.4 is 5.32 Å². The van der Waals surface area contributed by atoms with Gasteiger partial charge in [-0.1, -0.05) is 340 Å². The van der Waals surface area contributed by atoms with E-state index < -0.39 is 12.1 Å². The van der Waals surface area contributed by atoms with Gasteiger partial charge in [0.15, 0.2) is 0 Å². The van der Waals surface area contributed by atoms with Gasteiger partial charge in [0.1, 0.15) is 0 Å². The average Bonchev–Trinajstić information content (AvgIpc) is 3.42. The van der Waals surface area contributed by atoms with E-state index in [0.717, 1.165) is 44.9 Å². The lowest BCUT2D eigenvalue weighted by atomic mass is 10.0. The minimum absolute atomic E-state index is 0.00265. The Balaban J connectivity index is 3.43. The molecule has 0 aromatic heterocycles. The number of aliphatic hydroxyl groups excluding tert-OH is 2. The number of nitrogens with one attached hydrogen (secondary N) is 1. The molecular weight excluding hydrogens is 935 g/mol. The molecule has 0 fully saturated rings. The normalized spacial score (nSPS) is 12.6. The van der Waals surface area contributed by atoms with Gasteiger partial charge in [0.2, 0.25) is 5.91 Å². The molecule has 0 aliphatic carbocycles. The van der Waals surface area contributed by atoms with Crippen LogP contribution in [0.2, 0.25) is 0 Å². The van der Waals surface area contributed by atoms with Gasteiger partial charge in [-0.3, -0.25) is 9.59 Å². The predicted molar refractivity (Wildman–Crippen MR) is 333 cm³/mol. The van der Waals surface area contributed by atoms with E-state index in [9.17, 15) is 19.8 Å². The number of rotatable bonds is 65. The van der Waals surface area contributed by atoms with E-state index in [4.69, 9.17) is 4.74 Å². The molecule has 0 aromatic carbocycles. The lowest BCUT2D eigenvalue weighted by Gasteiger charge is -2.20. The highest BCUT2D eigenvalue weighted by Gasteiger charge is 2.18. The molecule has 0 aliphatic rings. The van der Waals surface area contributed by atoms with Crippen molar-refractivity contribution in [1.29, 1.82) is 0 Å². The highest BCUT2D eigenvalue weighted by atomic mass is 16.5. The van der Waals surface area contributed by atoms with Gasteiger partial charge in [-0.15, -0.1) is 0 Å². The molecular formula is C70H135NO5. The third kappa shape index (κ3) is 61.6. The summed E-state index contributed by atoms with van der Waals surface area (Å²) in [7, 11) is 0. The number of hydrogen-bond donors (Lipinski definition) is 3. The number of unbranched alkanes of at least 4 members (excludes halogenated alkanes) is 52. The van der Waals surface area contributed by atoms with Crippen molar-refractivity contribution in [2.75, 3.05) is 13.2 Å². The van der Waals surface area contributed by atoms with Crippen molar-refractivity contribution >= 4 is 11.9 Å². The van der Waals surface area contributed by atoms with Gasteiger partial charge >= 0.3 is 5.97 Å². The molecule has 0 aromatic rings. The number of carbonyl (C=O) groups is 2. The van der Waals surface area contributed by atoms with E-state index >= 15 is 0 Å². The number of ether oxygens (including phenoxy) is 1. The van der Waals surface area contributed by atoms with Crippen molar-refractivity contribution in [2.24, 2.45) is 0 Å². The number of carbonyl (C=O) groups excluding carboxylic acids is 2. The molecule has 76 heavy (non-hydrogen) atoms. The molecule has 0 heterocycles. The molecule has 6 nitrogen and oxygen atoms in total. The SMILES string of the molecule is CCCCCCCCC/C=C\CCCCCCCCCC(=O)OCCCCCCCCCCCCCCCCCCCC(=O)NC(CO)C(O)/C=C/CCCCCCCCCCCCCCCCCCCCCCCC. The number of esters is 1. The lowest BCUT2D eigenvalue weighted by Crippen LogP contribution is -2.45. The van der Waals surface area contributed by atoms with E-state index in [0.29, 0.717) is 19.4 Å². The molecule has 450 valence electrons. The molecule has 0 radical (unpaired) electrons. The van der Waals surface area contributed by atoms with Gasteiger partial charge in [-0.25, -0.2) is 0 Å². The highest BCUT2D eigenvalue weighted by Crippen LogP contribution is 2.18. The molecule has 2 atom stereocenters. The van der Waals surface area contributed by atoms with E-state index in [-0.39, 0.29) is 18.5 Å². The maximum Gasteiger partial charge on any atom is 0.305 e. The van der Waals surface area contributed by atoms with Gasteiger partial charge in [-0.2, -0.15) is 0 Å². The zero-order chi connectivity index (χ0) is 55.0. The van der Waals surface area contributed by atoms with Crippen molar-refractivity contribution in [2.45, 2.75) is 398 Å². The number of allylic oxidation sites excluding steroid dienone is 3. The summed E-state index contributed by atoms with van der Waals surface area (Å²) in [6.07, 6.45) is 82.4. The lowest BCUT2D eigenvalue weighted by molar-refractivity contribution is -0.143. The summed E-state index contributed by atoms with van der Waals surface area (Å²) in [5, 5.41) is 23.3. The second kappa shape index (κ2) is 65.9. The van der Waals surface area contributed by atoms with Gasteiger partial charge in [0, 0.05) is 12.8 Å². The maximum absolute atomic E-state index is 12.5. The van der Waals surface area contributed by atoms with E-state index in [1.807, 2.05) is 6.08 Å². The number of hydrogen-bond acceptors (Lipinski definition) is 5. The van der Waals surface area contributed by atoms with Crippen LogP contribution in [0.1, 0.15) is 386 Å². The Morgan fingerprint density at radius 3 is 0.934 bits per heavy atom. The first-order valence-corrected chi connectivity index (χ1v) is 34.6. The Morgan fingerprint density at radius 2 is 0.618 bits per heavy atom. The first kappa shape index (κ1) is 74.3. The van der Waals surface area contributed by atoms with Crippen LogP contribution in [0.15, 0.2) is 24.3 Å². The van der Waals surface area contributed by atoms with E-state index in [1.54, 1.807) is 6.08 Å². The Hall–Kier alpha value is -1.66. The second-order valence-electron chi connectivity index (χ2n) is 23.9. The second-order valence-corrected chi connectivity index (χ2v) is 23.9. The van der Waals surface area contributed by atoms with Gasteiger partial charge < -0.3 is 20.3 Å². The molecule has 0 rings (SSSR count). The topological polar surface area (TPSA) is 95.9 Å². The fourth-order valence-corrected chi connectivity index (χ4v) is 10.9. The van der Waals surface area contributed by atoms with Crippen molar-refractivity contribution in [1.82, 2.24) is 5.32 Å². The van der Waals surface area contributed by atoms with Gasteiger partial charge in [-0.05, 0) is 57.8 Å². The van der Waals surface area contributed by atoms with Crippen LogP contribution >= 0.6 is 0 Å². The maximum atomic E-state index is 12.5. The predicted octanol–water partition coefficient (Wildman–Crippen LogP) is 22.1. The molecule has 0 aliphatic heterocycles. The fraction of sp³-hybridized carbons (Fsp3) is 0.914. The molecule has 1 amide bonds. The number of amides is 1. The van der Waals surface area contributed by atoms with Crippen molar-refractivity contribution in [3.63, 3.8) is 0 Å². The van der Waals surface area contributed by atoms with Crippen LogP contribution in [0.25, 0.3) is 0 Å². The van der Waals surface area contributed by atoms with E-state index in [1.165, 1.54) is 315 Å². The third-order valence-corrected chi connectivity index (χ3v) is 16.2. The Labute approximate surface area is 475 Å². The average molecular weight is 1070 g/mol. The Kier molecular flexibility index (Phi) is 64.4. The zero-order valence-corrected chi connectivity index (χ0v) is 51.5. The minimum Gasteiger partial charge on any atom is -0.466 e. The van der Waals surface area contributed by atoms with Gasteiger partial charge in [0.25, 0.3) is 0 Å². The standard InChI is InChI=1S/C70H135NO5/c1-3-5-7-9-11-13-15-17-19-21-23-24-25-26-27-28-30-34-38-42-46-50-54-58-62-68(73)67(66-72)71-69(74)63-59-55-51-47-43-39-35-31-29-33-37-41-45-49-53-57-61-65-76-70(75)64-60-56-52-48-44-40-36-32-22-20-18-16-14-12-10-8-6-4-2/h20,22,58,62,67-68,72-73H,3-19,21,23-57,59-61,63-66H2,1-2H3,(H,71,74)/b22-20-,62-58+. The Bertz CT molecular complexity index is 1190. The molecule has 6 heteroatoms. The van der Waals surface area contributed by atoms with Crippen LogP contribution in [0.4, 0.5) is 0 Å². The summed E-state index contributed by atoms with van der Waals surface area (Å²) < 4.78 is 5.50. The summed E-state index contributed by atoms with van der Waals surface area (Å²) in [6.45, 7) is 4.93. The van der Waals surface area contributed by atoms with Crippen LogP contribution in [0, 0.1) is 0 Å². The van der Waals surface area contributed by atoms with Crippen LogP contribution in [-0.4, -0.2) is 47.4 Å². The zero-order valence-electron chi connectivity index (χ0n) is 51.5. The third-order valence-electron chi connectivity index (χ3n) is 16.2. The van der Waals surface area contributed by atoms with Crippen molar-refractivity contribution < 1.29 is 24.5 Å². The quantitative estimate of drug-likeness (QED) is 0.0320. The first-order valence-electron chi connectivity index (χ1n) is 34.6. The minimum atomic E-state index is -0.850. The largest absolute Gasteiger partial charge is 0.466 e. The van der Waals surface area contributed by atoms with E-state index in [2.05, 4.69) is 31.3 Å². The summed E-state index contributed by atoms with van der Waals surface area (Å²) >= 11 is 0. The number of aliphatic hydroxyl groups is 2. The molecule has 3 N–H and O–H groups in total. The fourth-order valence-electron chi connectivity index (χ4n) is 10.9. The van der Waals surface area contributed by atoms with Gasteiger partial charge in [0.05, 0.1) is 25.4 Å². The summed E-state index contributed by atoms with van der Waals surface area (Å²) in [5.74, 6) is -0.0664. The van der Waals surface area contributed by atoms with Crippen molar-refractivity contribution in [3.8, 4) is 0 Å². The Morgan fingerprint density at radius 1 is 0.355 bits per heavy atom. The van der Waals surface area contributed by atoms with Crippen LogP contribution in [0.3, 0.4) is 0 Å².